The van der Waals surface area contributed by atoms with E-state index in [-0.39, 0.29) is 40.3 Å². The highest BCUT2D eigenvalue weighted by atomic mass is 35.5. The van der Waals surface area contributed by atoms with Gasteiger partial charge in [-0.05, 0) is 49.6 Å². The van der Waals surface area contributed by atoms with Gasteiger partial charge >= 0.3 is 0 Å². The summed E-state index contributed by atoms with van der Waals surface area (Å²) >= 11 is 5.63. The Morgan fingerprint density at radius 2 is 1.80 bits per heavy atom. The van der Waals surface area contributed by atoms with Crippen LogP contribution in [0, 0.1) is 5.82 Å². The molecule has 2 bridgehead atoms. The Morgan fingerprint density at radius 1 is 1.10 bits per heavy atom. The summed E-state index contributed by atoms with van der Waals surface area (Å²) in [5.41, 5.74) is 1.04. The number of nitrogens with one attached hydrogen (secondary N) is 2. The molecule has 158 valence electrons. The van der Waals surface area contributed by atoms with Crippen molar-refractivity contribution in [1.82, 2.24) is 10.6 Å². The van der Waals surface area contributed by atoms with Gasteiger partial charge in [0.2, 0.25) is 0 Å². The Morgan fingerprint density at radius 3 is 2.47 bits per heavy atom. The Balaban J connectivity index is 1.25. The van der Waals surface area contributed by atoms with Gasteiger partial charge in [-0.1, -0.05) is 17.7 Å². The summed E-state index contributed by atoms with van der Waals surface area (Å²) in [5.74, 6) is -0.730. The SMILES string of the molecule is CN(C)c1cccc(C(=O)NC23CC(NC(=O)COc4ccc(Cl)c(F)c4)(C2)C3)c1. The molecule has 2 aromatic carbocycles. The van der Waals surface area contributed by atoms with Crippen LogP contribution in [0.15, 0.2) is 42.5 Å². The van der Waals surface area contributed by atoms with E-state index in [0.29, 0.717) is 24.8 Å². The number of halogens is 2. The summed E-state index contributed by atoms with van der Waals surface area (Å²) in [7, 11) is 3.86. The first-order valence-corrected chi connectivity index (χ1v) is 10.1. The van der Waals surface area contributed by atoms with Gasteiger partial charge < -0.3 is 20.3 Å². The number of ether oxygens (including phenoxy) is 1. The van der Waals surface area contributed by atoms with Gasteiger partial charge in [-0.25, -0.2) is 4.39 Å². The van der Waals surface area contributed by atoms with Crippen molar-refractivity contribution in [3.8, 4) is 5.75 Å². The van der Waals surface area contributed by atoms with Crippen molar-refractivity contribution in [3.63, 3.8) is 0 Å². The predicted octanol–water partition coefficient (Wildman–Crippen LogP) is 3.15. The summed E-state index contributed by atoms with van der Waals surface area (Å²) in [6, 6.07) is 11.5. The van der Waals surface area contributed by atoms with Gasteiger partial charge in [-0.15, -0.1) is 0 Å². The van der Waals surface area contributed by atoms with Crippen molar-refractivity contribution in [1.29, 1.82) is 0 Å². The summed E-state index contributed by atoms with van der Waals surface area (Å²) < 4.78 is 18.8. The van der Waals surface area contributed by atoms with Gasteiger partial charge in [0.25, 0.3) is 11.8 Å². The lowest BCUT2D eigenvalue weighted by atomic mass is 9.44. The highest BCUT2D eigenvalue weighted by Gasteiger charge is 2.69. The lowest BCUT2D eigenvalue weighted by Gasteiger charge is -2.70. The molecule has 3 aliphatic carbocycles. The molecule has 0 aliphatic heterocycles. The molecule has 2 N–H and O–H groups in total. The summed E-state index contributed by atoms with van der Waals surface area (Å²) in [5, 5.41) is 6.09. The van der Waals surface area contributed by atoms with E-state index in [4.69, 9.17) is 16.3 Å². The van der Waals surface area contributed by atoms with Crippen LogP contribution < -0.4 is 20.3 Å². The fourth-order valence-electron chi connectivity index (χ4n) is 4.34. The zero-order valence-electron chi connectivity index (χ0n) is 16.8. The molecule has 0 saturated heterocycles. The second-order valence-corrected chi connectivity index (χ2v) is 8.81. The van der Waals surface area contributed by atoms with Crippen LogP contribution in [0.2, 0.25) is 5.02 Å². The van der Waals surface area contributed by atoms with Crippen LogP contribution in [0.25, 0.3) is 0 Å². The smallest absolute Gasteiger partial charge is 0.258 e. The first-order valence-electron chi connectivity index (χ1n) is 9.68. The van der Waals surface area contributed by atoms with Crippen LogP contribution in [0.4, 0.5) is 10.1 Å². The molecule has 0 aromatic heterocycles. The molecule has 2 aromatic rings. The summed E-state index contributed by atoms with van der Waals surface area (Å²) in [4.78, 5) is 26.8. The van der Waals surface area contributed by atoms with Crippen LogP contribution in [-0.2, 0) is 4.79 Å². The van der Waals surface area contributed by atoms with E-state index in [1.165, 1.54) is 12.1 Å². The molecule has 0 atom stereocenters. The molecule has 5 rings (SSSR count). The molecular weight excluding hydrogens is 409 g/mol. The number of carbonyl (C=O) groups excluding carboxylic acids is 2. The van der Waals surface area contributed by atoms with Gasteiger partial charge in [-0.2, -0.15) is 0 Å². The quantitative estimate of drug-likeness (QED) is 0.706. The van der Waals surface area contributed by atoms with Gasteiger partial charge in [0.15, 0.2) is 6.61 Å². The van der Waals surface area contributed by atoms with E-state index in [0.717, 1.165) is 11.8 Å². The Kier molecular flexibility index (Phi) is 5.10. The van der Waals surface area contributed by atoms with E-state index in [9.17, 15) is 14.0 Å². The van der Waals surface area contributed by atoms with Crippen molar-refractivity contribution in [2.75, 3.05) is 25.6 Å². The normalized spacial score (nSPS) is 23.6. The number of amides is 2. The van der Waals surface area contributed by atoms with Crippen molar-refractivity contribution < 1.29 is 18.7 Å². The van der Waals surface area contributed by atoms with Gasteiger partial charge in [-0.3, -0.25) is 9.59 Å². The molecule has 3 fully saturated rings. The average Bonchev–Trinajstić information content (AvgIpc) is 2.66. The molecule has 0 spiro atoms. The maximum Gasteiger partial charge on any atom is 0.258 e. The zero-order valence-corrected chi connectivity index (χ0v) is 17.6. The second-order valence-electron chi connectivity index (χ2n) is 8.40. The molecule has 6 nitrogen and oxygen atoms in total. The van der Waals surface area contributed by atoms with E-state index in [2.05, 4.69) is 10.6 Å². The molecule has 2 amide bonds. The molecule has 30 heavy (non-hydrogen) atoms. The lowest BCUT2D eigenvalue weighted by Crippen LogP contribution is -2.84. The summed E-state index contributed by atoms with van der Waals surface area (Å²) in [6.45, 7) is -0.209. The minimum absolute atomic E-state index is 0.00135. The second kappa shape index (κ2) is 7.47. The fourth-order valence-corrected chi connectivity index (χ4v) is 4.46. The highest BCUT2D eigenvalue weighted by Crippen LogP contribution is 2.60. The van der Waals surface area contributed by atoms with Crippen molar-refractivity contribution in [2.24, 2.45) is 0 Å². The number of hydrogen-bond acceptors (Lipinski definition) is 4. The average molecular weight is 432 g/mol. The maximum absolute atomic E-state index is 13.4. The number of nitrogens with zero attached hydrogens (tertiary/aromatic N) is 1. The topological polar surface area (TPSA) is 70.7 Å². The lowest BCUT2D eigenvalue weighted by molar-refractivity contribution is -0.141. The van der Waals surface area contributed by atoms with Crippen LogP contribution >= 0.6 is 11.6 Å². The number of anilines is 1. The first kappa shape index (κ1) is 20.5. The van der Waals surface area contributed by atoms with Crippen molar-refractivity contribution in [2.45, 2.75) is 30.3 Å². The third-order valence-electron chi connectivity index (χ3n) is 5.70. The number of rotatable bonds is 7. The molecular formula is C22H23ClFN3O3. The largest absolute Gasteiger partial charge is 0.484 e. The minimum atomic E-state index is -0.595. The molecule has 8 heteroatoms. The van der Waals surface area contributed by atoms with E-state index >= 15 is 0 Å². The van der Waals surface area contributed by atoms with E-state index in [1.54, 1.807) is 6.07 Å². The standard InChI is InChI=1S/C22H23ClFN3O3/c1-27(2)15-5-3-4-14(8-15)20(29)26-22-11-21(12-22,13-22)25-19(28)10-30-16-6-7-17(23)18(24)9-16/h3-9H,10-13H2,1-2H3,(H,25,28)(H,26,29). The van der Waals surface area contributed by atoms with Crippen molar-refractivity contribution in [3.05, 3.63) is 58.9 Å². The van der Waals surface area contributed by atoms with Crippen molar-refractivity contribution >= 4 is 29.1 Å². The molecule has 0 unspecified atom stereocenters. The van der Waals surface area contributed by atoms with Gasteiger partial charge in [0, 0.05) is 42.5 Å². The number of hydrogen-bond donors (Lipinski definition) is 2. The Labute approximate surface area is 179 Å². The molecule has 0 heterocycles. The van der Waals surface area contributed by atoms with Crippen LogP contribution in [-0.4, -0.2) is 43.6 Å². The number of benzene rings is 2. The third kappa shape index (κ3) is 3.94. The van der Waals surface area contributed by atoms with Crippen LogP contribution in [0.1, 0.15) is 29.6 Å². The third-order valence-corrected chi connectivity index (χ3v) is 6.01. The monoisotopic (exact) mass is 431 g/mol. The molecule has 3 saturated carbocycles. The zero-order chi connectivity index (χ0) is 21.5. The Bertz CT molecular complexity index is 991. The van der Waals surface area contributed by atoms with Gasteiger partial charge in [0.1, 0.15) is 11.6 Å². The van der Waals surface area contributed by atoms with Gasteiger partial charge in [0.05, 0.1) is 5.02 Å². The fraction of sp³-hybridized carbons (Fsp3) is 0.364. The van der Waals surface area contributed by atoms with E-state index < -0.39 is 5.82 Å². The number of carbonyl (C=O) groups is 2. The first-order chi connectivity index (χ1) is 14.2. The van der Waals surface area contributed by atoms with Crippen LogP contribution in [0.5, 0.6) is 5.75 Å². The summed E-state index contributed by atoms with van der Waals surface area (Å²) in [6.07, 6.45) is 2.08. The van der Waals surface area contributed by atoms with Crippen LogP contribution in [0.3, 0.4) is 0 Å². The Hall–Kier alpha value is -2.80. The molecule has 3 aliphatic rings. The van der Waals surface area contributed by atoms with E-state index in [1.807, 2.05) is 37.2 Å². The maximum atomic E-state index is 13.4. The highest BCUT2D eigenvalue weighted by molar-refractivity contribution is 6.30. The predicted molar refractivity (Wildman–Crippen MR) is 113 cm³/mol. The minimum Gasteiger partial charge on any atom is -0.484 e. The molecule has 0 radical (unpaired) electrons.